The van der Waals surface area contributed by atoms with Gasteiger partial charge in [-0.25, -0.2) is 4.79 Å². The molecular weight excluding hydrogens is 230 g/mol. The molecule has 92 valence electrons. The Balaban J connectivity index is 2.86. The number of rotatable bonds is 0. The van der Waals surface area contributed by atoms with E-state index in [0.717, 1.165) is 5.56 Å². The maximum absolute atomic E-state index is 11.4. The second-order valence-electron chi connectivity index (χ2n) is 5.19. The first-order valence-electron chi connectivity index (χ1n) is 5.55. The predicted molar refractivity (Wildman–Crippen MR) is 67.6 cm³/mol. The van der Waals surface area contributed by atoms with E-state index in [1.54, 1.807) is 18.2 Å². The molecule has 2 rings (SSSR count). The van der Waals surface area contributed by atoms with E-state index in [4.69, 9.17) is 9.68 Å². The maximum Gasteiger partial charge on any atom is 0.358 e. The fraction of sp³-hybridized carbons (Fsp3) is 0.286. The molecule has 1 aromatic carbocycles. The molecule has 0 aliphatic heterocycles. The third-order valence-corrected chi connectivity index (χ3v) is 2.86. The van der Waals surface area contributed by atoms with Gasteiger partial charge in [-0.3, -0.25) is 0 Å². The summed E-state index contributed by atoms with van der Waals surface area (Å²) in [5.74, 6) is -0.310. The molecule has 0 saturated heterocycles. The summed E-state index contributed by atoms with van der Waals surface area (Å²) >= 11 is 0. The molecule has 18 heavy (non-hydrogen) atoms. The van der Waals surface area contributed by atoms with Gasteiger partial charge in [0.2, 0.25) is 0 Å². The van der Waals surface area contributed by atoms with Gasteiger partial charge in [-0.05, 0) is 23.1 Å². The fourth-order valence-electron chi connectivity index (χ4n) is 1.75. The molecule has 0 saturated carbocycles. The first-order valence-corrected chi connectivity index (χ1v) is 5.55. The first-order chi connectivity index (χ1) is 8.34. The lowest BCUT2D eigenvalue weighted by atomic mass is 9.86. The quantitative estimate of drug-likeness (QED) is 0.722. The van der Waals surface area contributed by atoms with Gasteiger partial charge in [0.15, 0.2) is 11.3 Å². The van der Waals surface area contributed by atoms with E-state index in [2.05, 4.69) is 0 Å². The van der Waals surface area contributed by atoms with E-state index in [0.29, 0.717) is 5.39 Å². The van der Waals surface area contributed by atoms with Crippen LogP contribution < -0.4 is 5.63 Å². The van der Waals surface area contributed by atoms with Crippen LogP contribution in [0.15, 0.2) is 27.4 Å². The lowest BCUT2D eigenvalue weighted by Gasteiger charge is -2.19. The van der Waals surface area contributed by atoms with E-state index >= 15 is 0 Å². The van der Waals surface area contributed by atoms with E-state index in [-0.39, 0.29) is 22.3 Å². The number of hydrogen-bond acceptors (Lipinski definition) is 4. The molecule has 0 bridgehead atoms. The molecule has 0 unspecified atom stereocenters. The van der Waals surface area contributed by atoms with Crippen molar-refractivity contribution in [2.24, 2.45) is 0 Å². The molecular formula is C14H13NO3. The number of benzene rings is 1. The second-order valence-corrected chi connectivity index (χ2v) is 5.19. The number of nitriles is 1. The Morgan fingerprint density at radius 1 is 1.33 bits per heavy atom. The van der Waals surface area contributed by atoms with Crippen molar-refractivity contribution in [3.05, 3.63) is 39.7 Å². The highest BCUT2D eigenvalue weighted by atomic mass is 16.4. The first kappa shape index (κ1) is 12.2. The van der Waals surface area contributed by atoms with Crippen LogP contribution >= 0.6 is 0 Å². The maximum atomic E-state index is 11.4. The standard InChI is InChI=1S/C14H13NO3/c1-14(2,3)8-4-5-11-9(6-8)12(16)10(7-15)13(17)18-11/h4-6,16H,1-3H3. The van der Waals surface area contributed by atoms with Crippen LogP contribution in [0.5, 0.6) is 5.75 Å². The van der Waals surface area contributed by atoms with Crippen molar-refractivity contribution < 1.29 is 9.52 Å². The minimum atomic E-state index is -0.814. The van der Waals surface area contributed by atoms with E-state index in [1.807, 2.05) is 26.8 Å². The van der Waals surface area contributed by atoms with Gasteiger partial charge < -0.3 is 9.52 Å². The minimum absolute atomic E-state index is 0.0937. The highest BCUT2D eigenvalue weighted by molar-refractivity contribution is 5.85. The predicted octanol–water partition coefficient (Wildman–Crippen LogP) is 2.67. The van der Waals surface area contributed by atoms with Crippen molar-refractivity contribution in [1.82, 2.24) is 0 Å². The number of fused-ring (bicyclic) bond motifs is 1. The molecule has 2 aromatic rings. The van der Waals surface area contributed by atoms with Crippen LogP contribution in [-0.4, -0.2) is 5.11 Å². The summed E-state index contributed by atoms with van der Waals surface area (Å²) in [6.07, 6.45) is 0. The van der Waals surface area contributed by atoms with Crippen molar-refractivity contribution in [2.45, 2.75) is 26.2 Å². The Morgan fingerprint density at radius 2 is 2.00 bits per heavy atom. The van der Waals surface area contributed by atoms with Crippen molar-refractivity contribution in [3.8, 4) is 11.8 Å². The van der Waals surface area contributed by atoms with Crippen molar-refractivity contribution in [2.75, 3.05) is 0 Å². The van der Waals surface area contributed by atoms with Crippen molar-refractivity contribution in [1.29, 1.82) is 5.26 Å². The van der Waals surface area contributed by atoms with Gasteiger partial charge >= 0.3 is 5.63 Å². The molecule has 1 aromatic heterocycles. The molecule has 1 heterocycles. The van der Waals surface area contributed by atoms with E-state index < -0.39 is 5.63 Å². The van der Waals surface area contributed by atoms with Gasteiger partial charge in [-0.1, -0.05) is 26.8 Å². The molecule has 0 atom stereocenters. The Kier molecular flexibility index (Phi) is 2.63. The summed E-state index contributed by atoms with van der Waals surface area (Å²) in [4.78, 5) is 11.4. The summed E-state index contributed by atoms with van der Waals surface area (Å²) < 4.78 is 4.99. The van der Waals surface area contributed by atoms with Crippen LogP contribution in [0.1, 0.15) is 31.9 Å². The summed E-state index contributed by atoms with van der Waals surface area (Å²) in [6, 6.07) is 6.88. The van der Waals surface area contributed by atoms with Gasteiger partial charge in [0.1, 0.15) is 11.7 Å². The average molecular weight is 243 g/mol. The molecule has 0 fully saturated rings. The number of hydrogen-bond donors (Lipinski definition) is 1. The Bertz CT molecular complexity index is 715. The molecule has 0 aliphatic rings. The second kappa shape index (κ2) is 3.88. The van der Waals surface area contributed by atoms with Gasteiger partial charge in [0.05, 0.1) is 5.39 Å². The lowest BCUT2D eigenvalue weighted by molar-refractivity contribution is 0.465. The number of aromatic hydroxyl groups is 1. The monoisotopic (exact) mass is 243 g/mol. The van der Waals surface area contributed by atoms with Crippen LogP contribution in [0.2, 0.25) is 0 Å². The molecule has 4 nitrogen and oxygen atoms in total. The molecule has 4 heteroatoms. The summed E-state index contributed by atoms with van der Waals surface area (Å²) in [5.41, 5.74) is 0.0101. The zero-order valence-corrected chi connectivity index (χ0v) is 10.4. The van der Waals surface area contributed by atoms with Crippen LogP contribution in [0.3, 0.4) is 0 Å². The summed E-state index contributed by atoms with van der Waals surface area (Å²) in [5, 5.41) is 19.1. The normalized spacial score (nSPS) is 11.4. The van der Waals surface area contributed by atoms with Crippen LogP contribution in [0, 0.1) is 11.3 Å². The van der Waals surface area contributed by atoms with E-state index in [9.17, 15) is 9.90 Å². The van der Waals surface area contributed by atoms with Crippen LogP contribution in [0.25, 0.3) is 11.0 Å². The van der Waals surface area contributed by atoms with Crippen LogP contribution in [-0.2, 0) is 5.41 Å². The largest absolute Gasteiger partial charge is 0.506 e. The molecule has 0 radical (unpaired) electrons. The van der Waals surface area contributed by atoms with Gasteiger partial charge in [0.25, 0.3) is 0 Å². The Morgan fingerprint density at radius 3 is 2.56 bits per heavy atom. The van der Waals surface area contributed by atoms with Gasteiger partial charge in [0, 0.05) is 0 Å². The van der Waals surface area contributed by atoms with Crippen molar-refractivity contribution >= 4 is 11.0 Å². The zero-order chi connectivity index (χ0) is 13.5. The summed E-state index contributed by atoms with van der Waals surface area (Å²) in [6.45, 7) is 6.11. The van der Waals surface area contributed by atoms with Crippen LogP contribution in [0.4, 0.5) is 0 Å². The average Bonchev–Trinajstić information content (AvgIpc) is 2.27. The Labute approximate surface area is 104 Å². The molecule has 1 N–H and O–H groups in total. The third kappa shape index (κ3) is 1.84. The summed E-state index contributed by atoms with van der Waals surface area (Å²) in [7, 11) is 0. The van der Waals surface area contributed by atoms with Gasteiger partial charge in [-0.15, -0.1) is 0 Å². The Hall–Kier alpha value is -2.28. The molecule has 0 spiro atoms. The highest BCUT2D eigenvalue weighted by Crippen LogP contribution is 2.31. The zero-order valence-electron chi connectivity index (χ0n) is 10.4. The topological polar surface area (TPSA) is 74.2 Å². The van der Waals surface area contributed by atoms with E-state index in [1.165, 1.54) is 0 Å². The minimum Gasteiger partial charge on any atom is -0.506 e. The molecule has 0 aliphatic carbocycles. The SMILES string of the molecule is CC(C)(C)c1ccc2oc(=O)c(C#N)c(O)c2c1. The third-order valence-electron chi connectivity index (χ3n) is 2.86. The van der Waals surface area contributed by atoms with Crippen molar-refractivity contribution in [3.63, 3.8) is 0 Å². The van der Waals surface area contributed by atoms with Gasteiger partial charge in [-0.2, -0.15) is 5.26 Å². The smallest absolute Gasteiger partial charge is 0.358 e. The fourth-order valence-corrected chi connectivity index (χ4v) is 1.75. The molecule has 0 amide bonds. The lowest BCUT2D eigenvalue weighted by Crippen LogP contribution is -2.11. The highest BCUT2D eigenvalue weighted by Gasteiger charge is 2.18. The number of nitrogens with zero attached hydrogens (tertiary/aromatic N) is 1.